The van der Waals surface area contributed by atoms with E-state index in [0.717, 1.165) is 6.54 Å². The average Bonchev–Trinajstić information content (AvgIpc) is 2.78. The lowest BCUT2D eigenvalue weighted by molar-refractivity contribution is 0.640. The van der Waals surface area contributed by atoms with Crippen molar-refractivity contribution >= 4 is 0 Å². The minimum absolute atomic E-state index is 0.395. The number of benzene rings is 1. The van der Waals surface area contributed by atoms with Gasteiger partial charge in [-0.05, 0) is 31.2 Å². The third-order valence-corrected chi connectivity index (χ3v) is 2.89. The Labute approximate surface area is 96.9 Å². The molecule has 0 spiro atoms. The van der Waals surface area contributed by atoms with Crippen molar-refractivity contribution in [3.63, 3.8) is 0 Å². The monoisotopic (exact) mass is 214 g/mol. The first-order valence-electron chi connectivity index (χ1n) is 5.67. The molecule has 2 aromatic rings. The smallest absolute Gasteiger partial charge is 0.0551 e. The highest BCUT2D eigenvalue weighted by Gasteiger charge is 2.06. The zero-order valence-corrected chi connectivity index (χ0v) is 9.85. The number of aromatic nitrogens is 1. The van der Waals surface area contributed by atoms with E-state index in [1.54, 1.807) is 0 Å². The maximum atomic E-state index is 3.16. The van der Waals surface area contributed by atoms with Gasteiger partial charge < -0.3 is 9.88 Å². The molecule has 1 N–H and O–H groups in total. The molecule has 2 nitrogen and oxygen atoms in total. The summed E-state index contributed by atoms with van der Waals surface area (Å²) in [4.78, 5) is 0. The van der Waals surface area contributed by atoms with E-state index in [0.29, 0.717) is 6.04 Å². The standard InChI is InChI=1S/C14H18N2/c1-12(14-6-4-3-5-7-14)16-9-8-13(11-16)10-15-2/h3-9,11-12,15H,10H2,1-2H3/t12-/m1/s1. The summed E-state index contributed by atoms with van der Waals surface area (Å²) in [5, 5.41) is 3.16. The van der Waals surface area contributed by atoms with Crippen LogP contribution in [0.3, 0.4) is 0 Å². The van der Waals surface area contributed by atoms with Gasteiger partial charge in [-0.1, -0.05) is 30.3 Å². The molecule has 0 saturated carbocycles. The van der Waals surface area contributed by atoms with Gasteiger partial charge in [0.05, 0.1) is 6.04 Å². The lowest BCUT2D eigenvalue weighted by Crippen LogP contribution is -2.06. The number of nitrogens with one attached hydrogen (secondary N) is 1. The molecule has 1 aromatic heterocycles. The van der Waals surface area contributed by atoms with Crippen LogP contribution in [0.5, 0.6) is 0 Å². The Bertz CT molecular complexity index is 431. The second kappa shape index (κ2) is 4.99. The zero-order chi connectivity index (χ0) is 11.4. The highest BCUT2D eigenvalue weighted by molar-refractivity contribution is 5.21. The molecule has 0 unspecified atom stereocenters. The van der Waals surface area contributed by atoms with Crippen LogP contribution >= 0.6 is 0 Å². The van der Waals surface area contributed by atoms with Gasteiger partial charge in [-0.2, -0.15) is 0 Å². The molecule has 2 rings (SSSR count). The van der Waals surface area contributed by atoms with Crippen LogP contribution in [0.15, 0.2) is 48.8 Å². The minimum Gasteiger partial charge on any atom is -0.347 e. The molecule has 0 aliphatic carbocycles. The van der Waals surface area contributed by atoms with Gasteiger partial charge in [0.25, 0.3) is 0 Å². The molecule has 16 heavy (non-hydrogen) atoms. The molecule has 0 aliphatic rings. The second-order valence-electron chi connectivity index (χ2n) is 4.08. The van der Waals surface area contributed by atoms with Crippen LogP contribution in [-0.4, -0.2) is 11.6 Å². The normalized spacial score (nSPS) is 12.6. The Morgan fingerprint density at radius 3 is 2.62 bits per heavy atom. The van der Waals surface area contributed by atoms with Crippen molar-refractivity contribution in [2.75, 3.05) is 7.05 Å². The maximum Gasteiger partial charge on any atom is 0.0551 e. The summed E-state index contributed by atoms with van der Waals surface area (Å²) >= 11 is 0. The molecule has 1 aromatic carbocycles. The van der Waals surface area contributed by atoms with Crippen molar-refractivity contribution in [2.24, 2.45) is 0 Å². The van der Waals surface area contributed by atoms with Crippen LogP contribution in [0.4, 0.5) is 0 Å². The summed E-state index contributed by atoms with van der Waals surface area (Å²) in [6.45, 7) is 3.15. The van der Waals surface area contributed by atoms with E-state index in [4.69, 9.17) is 0 Å². The van der Waals surface area contributed by atoms with Gasteiger partial charge in [0.2, 0.25) is 0 Å². The first-order chi connectivity index (χ1) is 7.81. The summed E-state index contributed by atoms with van der Waals surface area (Å²) < 4.78 is 2.25. The van der Waals surface area contributed by atoms with E-state index in [9.17, 15) is 0 Å². The lowest BCUT2D eigenvalue weighted by Gasteiger charge is -2.13. The lowest BCUT2D eigenvalue weighted by atomic mass is 10.1. The molecule has 1 heterocycles. The first-order valence-corrected chi connectivity index (χ1v) is 5.67. The van der Waals surface area contributed by atoms with Gasteiger partial charge in [-0.3, -0.25) is 0 Å². The molecule has 0 aliphatic heterocycles. The average molecular weight is 214 g/mol. The molecule has 1 atom stereocenters. The van der Waals surface area contributed by atoms with Gasteiger partial charge in [0.1, 0.15) is 0 Å². The summed E-state index contributed by atoms with van der Waals surface area (Å²) in [7, 11) is 1.97. The topological polar surface area (TPSA) is 17.0 Å². The van der Waals surface area contributed by atoms with Gasteiger partial charge in [0, 0.05) is 18.9 Å². The van der Waals surface area contributed by atoms with Crippen molar-refractivity contribution in [1.29, 1.82) is 0 Å². The molecular formula is C14H18N2. The van der Waals surface area contributed by atoms with E-state index in [-0.39, 0.29) is 0 Å². The predicted molar refractivity (Wildman–Crippen MR) is 67.5 cm³/mol. The SMILES string of the molecule is CNCc1ccn([C@H](C)c2ccccc2)c1. The molecule has 2 heteroatoms. The van der Waals surface area contributed by atoms with Crippen LogP contribution in [0.1, 0.15) is 24.1 Å². The maximum absolute atomic E-state index is 3.16. The number of nitrogens with zero attached hydrogens (tertiary/aromatic N) is 1. The van der Waals surface area contributed by atoms with Crippen LogP contribution in [0, 0.1) is 0 Å². The third-order valence-electron chi connectivity index (χ3n) is 2.89. The Morgan fingerprint density at radius 2 is 1.94 bits per heavy atom. The summed E-state index contributed by atoms with van der Waals surface area (Å²) in [5.41, 5.74) is 2.67. The van der Waals surface area contributed by atoms with Gasteiger partial charge in [-0.25, -0.2) is 0 Å². The predicted octanol–water partition coefficient (Wildman–Crippen LogP) is 2.82. The fraction of sp³-hybridized carbons (Fsp3) is 0.286. The van der Waals surface area contributed by atoms with Crippen molar-refractivity contribution in [3.8, 4) is 0 Å². The van der Waals surface area contributed by atoms with E-state index < -0.39 is 0 Å². The fourth-order valence-corrected chi connectivity index (χ4v) is 1.91. The van der Waals surface area contributed by atoms with Crippen LogP contribution < -0.4 is 5.32 Å². The minimum atomic E-state index is 0.395. The van der Waals surface area contributed by atoms with E-state index in [2.05, 4.69) is 65.6 Å². The number of rotatable bonds is 4. The Hall–Kier alpha value is -1.54. The van der Waals surface area contributed by atoms with Crippen LogP contribution in [0.2, 0.25) is 0 Å². The molecule has 0 fully saturated rings. The quantitative estimate of drug-likeness (QED) is 0.828. The number of hydrogen-bond donors (Lipinski definition) is 1. The van der Waals surface area contributed by atoms with Crippen molar-refractivity contribution in [2.45, 2.75) is 19.5 Å². The van der Waals surface area contributed by atoms with E-state index in [1.165, 1.54) is 11.1 Å². The summed E-state index contributed by atoms with van der Waals surface area (Å²) in [6.07, 6.45) is 4.35. The molecule has 0 saturated heterocycles. The van der Waals surface area contributed by atoms with Crippen molar-refractivity contribution < 1.29 is 0 Å². The zero-order valence-electron chi connectivity index (χ0n) is 9.85. The molecule has 0 radical (unpaired) electrons. The molecule has 0 bridgehead atoms. The fourth-order valence-electron chi connectivity index (χ4n) is 1.91. The molecule has 84 valence electrons. The first kappa shape index (κ1) is 11.0. The number of hydrogen-bond acceptors (Lipinski definition) is 1. The van der Waals surface area contributed by atoms with Gasteiger partial charge in [0.15, 0.2) is 0 Å². The summed E-state index contributed by atoms with van der Waals surface area (Å²) in [6, 6.07) is 13.1. The second-order valence-corrected chi connectivity index (χ2v) is 4.08. The molecule has 0 amide bonds. The Kier molecular flexibility index (Phi) is 3.42. The Balaban J connectivity index is 2.17. The Morgan fingerprint density at radius 1 is 1.19 bits per heavy atom. The van der Waals surface area contributed by atoms with E-state index >= 15 is 0 Å². The van der Waals surface area contributed by atoms with Crippen molar-refractivity contribution in [1.82, 2.24) is 9.88 Å². The highest BCUT2D eigenvalue weighted by Crippen LogP contribution is 2.18. The van der Waals surface area contributed by atoms with E-state index in [1.807, 2.05) is 7.05 Å². The van der Waals surface area contributed by atoms with Gasteiger partial charge >= 0.3 is 0 Å². The largest absolute Gasteiger partial charge is 0.347 e. The van der Waals surface area contributed by atoms with Crippen LogP contribution in [-0.2, 0) is 6.54 Å². The van der Waals surface area contributed by atoms with Gasteiger partial charge in [-0.15, -0.1) is 0 Å². The van der Waals surface area contributed by atoms with Crippen molar-refractivity contribution in [3.05, 3.63) is 59.9 Å². The third kappa shape index (κ3) is 2.34. The highest BCUT2D eigenvalue weighted by atomic mass is 15.0. The molecular weight excluding hydrogens is 196 g/mol. The van der Waals surface area contributed by atoms with Crippen LogP contribution in [0.25, 0.3) is 0 Å². The summed E-state index contributed by atoms with van der Waals surface area (Å²) in [5.74, 6) is 0.